The van der Waals surface area contributed by atoms with Gasteiger partial charge in [0.2, 0.25) is 0 Å². The van der Waals surface area contributed by atoms with Crippen molar-refractivity contribution in [1.82, 2.24) is 15.1 Å². The van der Waals surface area contributed by atoms with Crippen molar-refractivity contribution in [3.63, 3.8) is 0 Å². The molecule has 0 amide bonds. The van der Waals surface area contributed by atoms with Crippen LogP contribution in [0.1, 0.15) is 58.1 Å². The first-order valence-electron chi connectivity index (χ1n) is 7.98. The van der Waals surface area contributed by atoms with Crippen molar-refractivity contribution in [3.05, 3.63) is 18.0 Å². The molecule has 1 N–H and O–H groups in total. The van der Waals surface area contributed by atoms with Gasteiger partial charge in [0.25, 0.3) is 0 Å². The summed E-state index contributed by atoms with van der Waals surface area (Å²) in [6.07, 6.45) is 7.21. The minimum atomic E-state index is 0.692. The lowest BCUT2D eigenvalue weighted by Gasteiger charge is -2.35. The number of hydrogen-bond donors (Lipinski definition) is 1. The average molecular weight is 263 g/mol. The average Bonchev–Trinajstić information content (AvgIpc) is 2.86. The molecule has 3 atom stereocenters. The van der Waals surface area contributed by atoms with Gasteiger partial charge in [-0.2, -0.15) is 5.10 Å². The van der Waals surface area contributed by atoms with Crippen LogP contribution in [0.5, 0.6) is 0 Å². The molecule has 1 saturated carbocycles. The second-order valence-electron chi connectivity index (χ2n) is 6.07. The first-order chi connectivity index (χ1) is 9.26. The number of nitrogens with one attached hydrogen (secondary N) is 1. The molecule has 0 saturated heterocycles. The Labute approximate surface area is 117 Å². The van der Waals surface area contributed by atoms with E-state index in [0.717, 1.165) is 37.9 Å². The zero-order valence-electron chi connectivity index (χ0n) is 12.7. The highest BCUT2D eigenvalue weighted by atomic mass is 15.3. The summed E-state index contributed by atoms with van der Waals surface area (Å²) >= 11 is 0. The van der Waals surface area contributed by atoms with E-state index in [1.807, 2.05) is 6.20 Å². The van der Waals surface area contributed by atoms with Crippen molar-refractivity contribution in [2.24, 2.45) is 11.8 Å². The van der Waals surface area contributed by atoms with Gasteiger partial charge in [-0.3, -0.25) is 4.68 Å². The van der Waals surface area contributed by atoms with Crippen LogP contribution in [0.2, 0.25) is 0 Å². The molecule has 3 unspecified atom stereocenters. The standard InChI is InChI=1S/C16H29N3/c1-4-10-19-16(8-9-18-19)15-11-13(3)6-7-14(15)12-17-5-2/h8-9,13-15,17H,4-7,10-12H2,1-3H3. The predicted molar refractivity (Wildman–Crippen MR) is 80.3 cm³/mol. The Bertz CT molecular complexity index is 370. The highest BCUT2D eigenvalue weighted by Gasteiger charge is 2.31. The molecule has 2 rings (SSSR count). The van der Waals surface area contributed by atoms with Gasteiger partial charge in [0, 0.05) is 24.4 Å². The predicted octanol–water partition coefficient (Wildman–Crippen LogP) is 3.42. The van der Waals surface area contributed by atoms with Crippen molar-refractivity contribution in [2.45, 2.75) is 58.9 Å². The molecule has 1 aromatic rings. The monoisotopic (exact) mass is 263 g/mol. The third-order valence-corrected chi connectivity index (χ3v) is 4.48. The number of aryl methyl sites for hydroxylation is 1. The van der Waals surface area contributed by atoms with E-state index in [1.165, 1.54) is 25.0 Å². The van der Waals surface area contributed by atoms with E-state index < -0.39 is 0 Å². The first kappa shape index (κ1) is 14.6. The Hall–Kier alpha value is -0.830. The summed E-state index contributed by atoms with van der Waals surface area (Å²) < 4.78 is 2.24. The molecule has 0 aliphatic heterocycles. The lowest BCUT2D eigenvalue weighted by molar-refractivity contribution is 0.233. The maximum atomic E-state index is 4.52. The molecular formula is C16H29N3. The summed E-state index contributed by atoms with van der Waals surface area (Å²) in [7, 11) is 0. The normalized spacial score (nSPS) is 27.6. The minimum Gasteiger partial charge on any atom is -0.317 e. The van der Waals surface area contributed by atoms with Crippen LogP contribution in [0.25, 0.3) is 0 Å². The van der Waals surface area contributed by atoms with E-state index in [4.69, 9.17) is 0 Å². The lowest BCUT2D eigenvalue weighted by Crippen LogP contribution is -2.32. The minimum absolute atomic E-state index is 0.692. The smallest absolute Gasteiger partial charge is 0.0492 e. The van der Waals surface area contributed by atoms with Gasteiger partial charge in [-0.15, -0.1) is 0 Å². The highest BCUT2D eigenvalue weighted by Crippen LogP contribution is 2.40. The van der Waals surface area contributed by atoms with E-state index in [0.29, 0.717) is 5.92 Å². The fourth-order valence-corrected chi connectivity index (χ4v) is 3.44. The van der Waals surface area contributed by atoms with Crippen LogP contribution in [-0.2, 0) is 6.54 Å². The Kier molecular flexibility index (Phi) is 5.44. The van der Waals surface area contributed by atoms with E-state index in [-0.39, 0.29) is 0 Å². The van der Waals surface area contributed by atoms with E-state index >= 15 is 0 Å². The molecule has 1 aromatic heterocycles. The Morgan fingerprint density at radius 2 is 2.21 bits per heavy atom. The van der Waals surface area contributed by atoms with E-state index in [9.17, 15) is 0 Å². The second-order valence-corrected chi connectivity index (χ2v) is 6.07. The number of aromatic nitrogens is 2. The molecule has 1 heterocycles. The fourth-order valence-electron chi connectivity index (χ4n) is 3.44. The molecule has 1 aliphatic rings. The van der Waals surface area contributed by atoms with Crippen LogP contribution in [0.4, 0.5) is 0 Å². The van der Waals surface area contributed by atoms with Gasteiger partial charge in [-0.1, -0.05) is 27.2 Å². The van der Waals surface area contributed by atoms with Gasteiger partial charge in [0.1, 0.15) is 0 Å². The molecule has 3 heteroatoms. The first-order valence-corrected chi connectivity index (χ1v) is 7.98. The van der Waals surface area contributed by atoms with Crippen molar-refractivity contribution >= 4 is 0 Å². The van der Waals surface area contributed by atoms with Gasteiger partial charge in [-0.05, 0) is 50.3 Å². The molecule has 108 valence electrons. The lowest BCUT2D eigenvalue weighted by atomic mass is 9.73. The Morgan fingerprint density at radius 1 is 1.37 bits per heavy atom. The van der Waals surface area contributed by atoms with Crippen LogP contribution in [0.3, 0.4) is 0 Å². The molecule has 19 heavy (non-hydrogen) atoms. The molecular weight excluding hydrogens is 234 g/mol. The van der Waals surface area contributed by atoms with E-state index in [1.54, 1.807) is 0 Å². The van der Waals surface area contributed by atoms with Crippen molar-refractivity contribution < 1.29 is 0 Å². The zero-order chi connectivity index (χ0) is 13.7. The van der Waals surface area contributed by atoms with Gasteiger partial charge >= 0.3 is 0 Å². The molecule has 1 fully saturated rings. The van der Waals surface area contributed by atoms with Crippen LogP contribution in [-0.4, -0.2) is 22.9 Å². The summed E-state index contributed by atoms with van der Waals surface area (Å²) in [4.78, 5) is 0. The number of rotatable bonds is 6. The van der Waals surface area contributed by atoms with Crippen molar-refractivity contribution in [1.29, 1.82) is 0 Å². The third-order valence-electron chi connectivity index (χ3n) is 4.48. The number of nitrogens with zero attached hydrogens (tertiary/aromatic N) is 2. The Morgan fingerprint density at radius 3 is 2.95 bits per heavy atom. The SMILES string of the molecule is CCCn1nccc1C1CC(C)CCC1CNCC. The van der Waals surface area contributed by atoms with Gasteiger partial charge in [0.05, 0.1) is 0 Å². The molecule has 0 aromatic carbocycles. The van der Waals surface area contributed by atoms with Gasteiger partial charge < -0.3 is 5.32 Å². The Balaban J connectivity index is 2.13. The van der Waals surface area contributed by atoms with E-state index in [2.05, 4.69) is 41.9 Å². The third kappa shape index (κ3) is 3.59. The van der Waals surface area contributed by atoms with Crippen LogP contribution < -0.4 is 5.32 Å². The largest absolute Gasteiger partial charge is 0.317 e. The topological polar surface area (TPSA) is 29.9 Å². The summed E-state index contributed by atoms with van der Waals surface area (Å²) in [5.74, 6) is 2.33. The molecule has 0 bridgehead atoms. The molecule has 0 radical (unpaired) electrons. The summed E-state index contributed by atoms with van der Waals surface area (Å²) in [6.45, 7) is 10.1. The maximum Gasteiger partial charge on any atom is 0.0492 e. The summed E-state index contributed by atoms with van der Waals surface area (Å²) in [5, 5.41) is 8.06. The fraction of sp³-hybridized carbons (Fsp3) is 0.812. The maximum absolute atomic E-state index is 4.52. The molecule has 1 aliphatic carbocycles. The zero-order valence-corrected chi connectivity index (χ0v) is 12.7. The summed E-state index contributed by atoms with van der Waals surface area (Å²) in [6, 6.07) is 2.25. The highest BCUT2D eigenvalue weighted by molar-refractivity contribution is 5.11. The van der Waals surface area contributed by atoms with Gasteiger partial charge in [0.15, 0.2) is 0 Å². The van der Waals surface area contributed by atoms with Crippen LogP contribution >= 0.6 is 0 Å². The van der Waals surface area contributed by atoms with Crippen LogP contribution in [0, 0.1) is 11.8 Å². The molecule has 3 nitrogen and oxygen atoms in total. The second kappa shape index (κ2) is 7.09. The number of hydrogen-bond acceptors (Lipinski definition) is 2. The quantitative estimate of drug-likeness (QED) is 0.852. The van der Waals surface area contributed by atoms with Gasteiger partial charge in [-0.25, -0.2) is 0 Å². The van der Waals surface area contributed by atoms with Crippen molar-refractivity contribution in [2.75, 3.05) is 13.1 Å². The van der Waals surface area contributed by atoms with Crippen LogP contribution in [0.15, 0.2) is 12.3 Å². The summed E-state index contributed by atoms with van der Waals surface area (Å²) in [5.41, 5.74) is 1.47. The molecule has 0 spiro atoms. The van der Waals surface area contributed by atoms with Crippen molar-refractivity contribution in [3.8, 4) is 0 Å².